The van der Waals surface area contributed by atoms with Crippen LogP contribution in [-0.2, 0) is 23.9 Å². The Morgan fingerprint density at radius 2 is 1.55 bits per heavy atom. The van der Waals surface area contributed by atoms with Gasteiger partial charge in [-0.3, -0.25) is 14.4 Å². The topological polar surface area (TPSA) is 114 Å². The van der Waals surface area contributed by atoms with Crippen LogP contribution >= 0.6 is 0 Å². The number of rotatable bonds is 12. The van der Waals surface area contributed by atoms with E-state index in [9.17, 15) is 19.2 Å². The number of carbonyl (C=O) groups is 4. The summed E-state index contributed by atoms with van der Waals surface area (Å²) in [6, 6.07) is 3.49. The second kappa shape index (κ2) is 14.7. The van der Waals surface area contributed by atoms with Crippen molar-refractivity contribution in [3.05, 3.63) is 34.9 Å². The lowest BCUT2D eigenvalue weighted by Gasteiger charge is -2.38. The van der Waals surface area contributed by atoms with Crippen molar-refractivity contribution in [3.63, 3.8) is 0 Å². The first-order chi connectivity index (χ1) is 17.6. The molecule has 2 N–H and O–H groups in total. The average Bonchev–Trinajstić information content (AvgIpc) is 2.77. The van der Waals surface area contributed by atoms with Gasteiger partial charge in [-0.15, -0.1) is 0 Å². The summed E-state index contributed by atoms with van der Waals surface area (Å²) in [5, 5.41) is 5.56. The number of benzene rings is 1. The minimum Gasteiger partial charge on any atom is -0.466 e. The van der Waals surface area contributed by atoms with E-state index >= 15 is 0 Å². The third-order valence-electron chi connectivity index (χ3n) is 5.98. The molecular weight excluding hydrogens is 486 g/mol. The van der Waals surface area contributed by atoms with Crippen LogP contribution in [0.25, 0.3) is 0 Å². The molecular formula is C29H47N3O6. The molecule has 0 fully saturated rings. The maximum atomic E-state index is 14.1. The van der Waals surface area contributed by atoms with Gasteiger partial charge in [0.25, 0.3) is 0 Å². The molecule has 9 heteroatoms. The predicted molar refractivity (Wildman–Crippen MR) is 148 cm³/mol. The predicted octanol–water partition coefficient (Wildman–Crippen LogP) is 4.59. The molecule has 1 aromatic carbocycles. The molecule has 0 aromatic heterocycles. The maximum Gasteiger partial charge on any atom is 0.408 e. The SMILES string of the molecule is CCOC(=O)CCNC(=O)C(c1cc(C)cc(C)c1)N(C(=O)C(NC(=O)OC(C)(C)C)C(C)CC)C(C)C. The van der Waals surface area contributed by atoms with E-state index in [1.165, 1.54) is 4.90 Å². The van der Waals surface area contributed by atoms with E-state index < -0.39 is 35.7 Å². The number of ether oxygens (including phenoxy) is 2. The summed E-state index contributed by atoms with van der Waals surface area (Å²) in [6.45, 7) is 18.7. The number of esters is 1. The van der Waals surface area contributed by atoms with Gasteiger partial charge in [-0.25, -0.2) is 4.79 Å². The van der Waals surface area contributed by atoms with Crippen LogP contribution in [0.3, 0.4) is 0 Å². The van der Waals surface area contributed by atoms with Crippen LogP contribution in [0.5, 0.6) is 0 Å². The van der Waals surface area contributed by atoms with Gasteiger partial charge in [0, 0.05) is 12.6 Å². The highest BCUT2D eigenvalue weighted by Gasteiger charge is 2.39. The molecule has 3 amide bonds. The summed E-state index contributed by atoms with van der Waals surface area (Å²) >= 11 is 0. The Kier molecular flexibility index (Phi) is 12.8. The van der Waals surface area contributed by atoms with Crippen LogP contribution in [0.2, 0.25) is 0 Å². The third kappa shape index (κ3) is 10.3. The quantitative estimate of drug-likeness (QED) is 0.380. The van der Waals surface area contributed by atoms with E-state index in [-0.39, 0.29) is 37.4 Å². The fourth-order valence-corrected chi connectivity index (χ4v) is 4.18. The first kappa shape index (κ1) is 32.9. The number of hydrogen-bond acceptors (Lipinski definition) is 6. The number of nitrogens with one attached hydrogen (secondary N) is 2. The summed E-state index contributed by atoms with van der Waals surface area (Å²) < 4.78 is 10.4. The van der Waals surface area contributed by atoms with Crippen molar-refractivity contribution in [2.24, 2.45) is 5.92 Å². The zero-order valence-electron chi connectivity index (χ0n) is 24.8. The molecule has 0 heterocycles. The van der Waals surface area contributed by atoms with E-state index in [0.717, 1.165) is 11.1 Å². The molecule has 3 atom stereocenters. The van der Waals surface area contributed by atoms with Crippen molar-refractivity contribution < 1.29 is 28.7 Å². The Morgan fingerprint density at radius 1 is 0.974 bits per heavy atom. The number of amides is 3. The van der Waals surface area contributed by atoms with Crippen molar-refractivity contribution in [2.75, 3.05) is 13.2 Å². The molecule has 0 aliphatic rings. The monoisotopic (exact) mass is 533 g/mol. The van der Waals surface area contributed by atoms with E-state index in [1.54, 1.807) is 27.7 Å². The van der Waals surface area contributed by atoms with Gasteiger partial charge in [0.2, 0.25) is 11.8 Å². The molecule has 214 valence electrons. The normalized spacial score (nSPS) is 13.8. The van der Waals surface area contributed by atoms with Gasteiger partial charge < -0.3 is 25.0 Å². The van der Waals surface area contributed by atoms with Gasteiger partial charge in [0.05, 0.1) is 13.0 Å². The number of nitrogens with zero attached hydrogens (tertiary/aromatic N) is 1. The molecule has 1 aromatic rings. The molecule has 0 bridgehead atoms. The van der Waals surface area contributed by atoms with Crippen LogP contribution in [0.1, 0.15) is 91.0 Å². The molecule has 0 aliphatic heterocycles. The Hall–Kier alpha value is -3.10. The first-order valence-electron chi connectivity index (χ1n) is 13.4. The lowest BCUT2D eigenvalue weighted by atomic mass is 9.94. The highest BCUT2D eigenvalue weighted by Crippen LogP contribution is 2.28. The second-order valence-corrected chi connectivity index (χ2v) is 11.0. The number of hydrogen-bond donors (Lipinski definition) is 2. The fraction of sp³-hybridized carbons (Fsp3) is 0.655. The molecule has 0 saturated carbocycles. The number of carbonyl (C=O) groups excluding carboxylic acids is 4. The zero-order chi connectivity index (χ0) is 29.2. The average molecular weight is 534 g/mol. The molecule has 0 radical (unpaired) electrons. The first-order valence-corrected chi connectivity index (χ1v) is 13.4. The van der Waals surface area contributed by atoms with Crippen LogP contribution in [0.15, 0.2) is 18.2 Å². The summed E-state index contributed by atoms with van der Waals surface area (Å²) in [4.78, 5) is 53.8. The molecule has 0 spiro atoms. The number of alkyl carbamates (subject to hydrolysis) is 1. The lowest BCUT2D eigenvalue weighted by Crippen LogP contribution is -2.57. The van der Waals surface area contributed by atoms with Crippen molar-refractivity contribution in [1.29, 1.82) is 0 Å². The van der Waals surface area contributed by atoms with Gasteiger partial charge >= 0.3 is 12.1 Å². The minimum atomic E-state index is -0.977. The van der Waals surface area contributed by atoms with Crippen LogP contribution in [0.4, 0.5) is 4.79 Å². The number of aryl methyl sites for hydroxylation is 2. The standard InChI is InChI=1S/C29H47N3O6/c1-11-21(7)24(31-28(36)38-29(8,9)10)27(35)32(18(3)4)25(22-16-19(5)15-20(6)17-22)26(34)30-14-13-23(33)37-12-2/h15-18,21,24-25H,11-14H2,1-10H3,(H,30,34)(H,31,36). The van der Waals surface area contributed by atoms with Crippen LogP contribution < -0.4 is 10.6 Å². The third-order valence-corrected chi connectivity index (χ3v) is 5.98. The molecule has 1 rings (SSSR count). The van der Waals surface area contributed by atoms with E-state index in [4.69, 9.17) is 9.47 Å². The Balaban J connectivity index is 3.47. The van der Waals surface area contributed by atoms with Gasteiger partial charge in [-0.2, -0.15) is 0 Å². The van der Waals surface area contributed by atoms with Crippen molar-refractivity contribution in [1.82, 2.24) is 15.5 Å². The smallest absolute Gasteiger partial charge is 0.408 e. The molecule has 0 saturated heterocycles. The fourth-order valence-electron chi connectivity index (χ4n) is 4.18. The van der Waals surface area contributed by atoms with E-state index in [1.807, 2.05) is 59.7 Å². The molecule has 38 heavy (non-hydrogen) atoms. The Bertz CT molecular complexity index is 949. The summed E-state index contributed by atoms with van der Waals surface area (Å²) in [7, 11) is 0. The Labute approximate surface area is 228 Å². The van der Waals surface area contributed by atoms with E-state index in [0.29, 0.717) is 12.0 Å². The Morgan fingerprint density at radius 3 is 2.03 bits per heavy atom. The molecule has 3 unspecified atom stereocenters. The highest BCUT2D eigenvalue weighted by molar-refractivity contribution is 5.92. The largest absolute Gasteiger partial charge is 0.466 e. The van der Waals surface area contributed by atoms with Gasteiger partial charge in [-0.1, -0.05) is 49.6 Å². The summed E-state index contributed by atoms with van der Waals surface area (Å²) in [5.41, 5.74) is 1.82. The van der Waals surface area contributed by atoms with Crippen molar-refractivity contribution >= 4 is 23.9 Å². The zero-order valence-corrected chi connectivity index (χ0v) is 24.8. The lowest BCUT2D eigenvalue weighted by molar-refractivity contribution is -0.146. The van der Waals surface area contributed by atoms with E-state index in [2.05, 4.69) is 10.6 Å². The minimum absolute atomic E-state index is 0.0183. The van der Waals surface area contributed by atoms with Gasteiger partial charge in [-0.05, 0) is 66.9 Å². The van der Waals surface area contributed by atoms with Crippen molar-refractivity contribution in [3.8, 4) is 0 Å². The molecule has 9 nitrogen and oxygen atoms in total. The highest BCUT2D eigenvalue weighted by atomic mass is 16.6. The van der Waals surface area contributed by atoms with Crippen LogP contribution in [-0.4, -0.2) is 59.6 Å². The van der Waals surface area contributed by atoms with Crippen LogP contribution in [0, 0.1) is 19.8 Å². The molecule has 0 aliphatic carbocycles. The maximum absolute atomic E-state index is 14.1. The summed E-state index contributed by atoms with van der Waals surface area (Å²) in [6.07, 6.45) is -0.0514. The summed E-state index contributed by atoms with van der Waals surface area (Å²) in [5.74, 6) is -1.43. The van der Waals surface area contributed by atoms with Gasteiger partial charge in [0.15, 0.2) is 0 Å². The second-order valence-electron chi connectivity index (χ2n) is 11.0. The van der Waals surface area contributed by atoms with Crippen molar-refractivity contribution in [2.45, 2.75) is 106 Å². The van der Waals surface area contributed by atoms with Gasteiger partial charge in [0.1, 0.15) is 17.7 Å².